The van der Waals surface area contributed by atoms with Crippen molar-refractivity contribution >= 4 is 17.4 Å². The maximum Gasteiger partial charge on any atom is 0.228 e. The van der Waals surface area contributed by atoms with Crippen molar-refractivity contribution in [3.63, 3.8) is 0 Å². The van der Waals surface area contributed by atoms with Gasteiger partial charge in [-0.1, -0.05) is 25.3 Å². The molecular weight excluding hydrogens is 317 g/mol. The predicted octanol–water partition coefficient (Wildman–Crippen LogP) is 4.66. The first-order valence-electron chi connectivity index (χ1n) is 8.76. The Morgan fingerprint density at radius 2 is 1.84 bits per heavy atom. The highest BCUT2D eigenvalue weighted by molar-refractivity contribution is 5.96. The van der Waals surface area contributed by atoms with Crippen LogP contribution in [0, 0.1) is 11.7 Å². The molecular formula is C20H20FN3O. The number of fused-ring (bicyclic) bond motifs is 1. The zero-order valence-electron chi connectivity index (χ0n) is 13.9. The van der Waals surface area contributed by atoms with Gasteiger partial charge in [0.2, 0.25) is 5.91 Å². The van der Waals surface area contributed by atoms with Crippen LogP contribution in [0.25, 0.3) is 16.9 Å². The van der Waals surface area contributed by atoms with Crippen molar-refractivity contribution in [1.29, 1.82) is 0 Å². The van der Waals surface area contributed by atoms with Gasteiger partial charge in [0.1, 0.15) is 23.0 Å². The van der Waals surface area contributed by atoms with Gasteiger partial charge in [0, 0.05) is 17.7 Å². The summed E-state index contributed by atoms with van der Waals surface area (Å²) in [4.78, 5) is 17.4. The molecule has 0 unspecified atom stereocenters. The molecule has 128 valence electrons. The van der Waals surface area contributed by atoms with Crippen molar-refractivity contribution in [3.8, 4) is 11.3 Å². The topological polar surface area (TPSA) is 46.4 Å². The summed E-state index contributed by atoms with van der Waals surface area (Å²) in [6.07, 6.45) is 7.18. The van der Waals surface area contributed by atoms with E-state index in [0.717, 1.165) is 36.9 Å². The molecule has 4 nitrogen and oxygen atoms in total. The first kappa shape index (κ1) is 15.8. The van der Waals surface area contributed by atoms with Crippen molar-refractivity contribution in [3.05, 3.63) is 54.5 Å². The Hall–Kier alpha value is -2.69. The van der Waals surface area contributed by atoms with Gasteiger partial charge in [-0.15, -0.1) is 0 Å². The van der Waals surface area contributed by atoms with Crippen LogP contribution in [0.5, 0.6) is 0 Å². The number of halogens is 1. The van der Waals surface area contributed by atoms with E-state index in [4.69, 9.17) is 0 Å². The van der Waals surface area contributed by atoms with Gasteiger partial charge in [0.05, 0.1) is 0 Å². The maximum absolute atomic E-state index is 13.3. The minimum Gasteiger partial charge on any atom is -0.310 e. The second kappa shape index (κ2) is 6.67. The van der Waals surface area contributed by atoms with E-state index in [1.165, 1.54) is 18.6 Å². The zero-order valence-corrected chi connectivity index (χ0v) is 13.9. The van der Waals surface area contributed by atoms with Crippen LogP contribution in [-0.4, -0.2) is 15.3 Å². The Kier molecular flexibility index (Phi) is 4.22. The molecule has 5 heteroatoms. The van der Waals surface area contributed by atoms with Crippen LogP contribution < -0.4 is 5.32 Å². The second-order valence-corrected chi connectivity index (χ2v) is 6.57. The zero-order chi connectivity index (χ0) is 17.2. The highest BCUT2D eigenvalue weighted by Crippen LogP contribution is 2.31. The number of anilines is 1. The Labute approximate surface area is 145 Å². The minimum atomic E-state index is -0.291. The van der Waals surface area contributed by atoms with Gasteiger partial charge in [0.15, 0.2) is 0 Å². The summed E-state index contributed by atoms with van der Waals surface area (Å²) in [6, 6.07) is 11.9. The van der Waals surface area contributed by atoms with Crippen LogP contribution in [-0.2, 0) is 4.79 Å². The molecule has 25 heavy (non-hydrogen) atoms. The van der Waals surface area contributed by atoms with Gasteiger partial charge in [-0.2, -0.15) is 0 Å². The van der Waals surface area contributed by atoms with E-state index in [-0.39, 0.29) is 17.6 Å². The van der Waals surface area contributed by atoms with Crippen LogP contribution in [0.1, 0.15) is 32.1 Å². The van der Waals surface area contributed by atoms with Gasteiger partial charge >= 0.3 is 0 Å². The lowest BCUT2D eigenvalue weighted by molar-refractivity contribution is -0.120. The average molecular weight is 337 g/mol. The summed E-state index contributed by atoms with van der Waals surface area (Å²) in [5.74, 6) is 0.468. The van der Waals surface area contributed by atoms with Crippen molar-refractivity contribution in [2.24, 2.45) is 5.92 Å². The SMILES string of the molecule is O=C(Nc1c(-c2ccc(F)cc2)nc2ccccn12)C1CCCCC1. The van der Waals surface area contributed by atoms with Crippen LogP contribution in [0.15, 0.2) is 48.7 Å². The Morgan fingerprint density at radius 3 is 2.60 bits per heavy atom. The standard InChI is InChI=1S/C20H20FN3O/c21-16-11-9-14(10-12-16)18-19(24-13-5-4-8-17(24)22-18)23-20(25)15-6-2-1-3-7-15/h4-5,8-13,15H,1-3,6-7H2,(H,23,25). The number of aromatic nitrogens is 2. The molecule has 1 N–H and O–H groups in total. The van der Waals surface area contributed by atoms with E-state index >= 15 is 0 Å². The van der Waals surface area contributed by atoms with E-state index in [2.05, 4.69) is 10.3 Å². The molecule has 1 aliphatic carbocycles. The Balaban J connectivity index is 1.74. The Morgan fingerprint density at radius 1 is 1.08 bits per heavy atom. The summed E-state index contributed by atoms with van der Waals surface area (Å²) < 4.78 is 15.1. The third-order valence-electron chi connectivity index (χ3n) is 4.87. The summed E-state index contributed by atoms with van der Waals surface area (Å²) in [6.45, 7) is 0. The summed E-state index contributed by atoms with van der Waals surface area (Å²) >= 11 is 0. The van der Waals surface area contributed by atoms with Gasteiger partial charge in [-0.05, 0) is 49.2 Å². The van der Waals surface area contributed by atoms with Crippen molar-refractivity contribution in [2.45, 2.75) is 32.1 Å². The molecule has 0 spiro atoms. The van der Waals surface area contributed by atoms with Crippen LogP contribution >= 0.6 is 0 Å². The monoisotopic (exact) mass is 337 g/mol. The summed E-state index contributed by atoms with van der Waals surface area (Å²) in [5.41, 5.74) is 2.19. The van der Waals surface area contributed by atoms with E-state index < -0.39 is 0 Å². The van der Waals surface area contributed by atoms with Gasteiger partial charge in [-0.25, -0.2) is 9.37 Å². The van der Waals surface area contributed by atoms with Crippen molar-refractivity contribution < 1.29 is 9.18 Å². The third-order valence-corrected chi connectivity index (χ3v) is 4.87. The fourth-order valence-electron chi connectivity index (χ4n) is 3.51. The lowest BCUT2D eigenvalue weighted by atomic mass is 9.88. The van der Waals surface area contributed by atoms with E-state index in [1.54, 1.807) is 12.1 Å². The van der Waals surface area contributed by atoms with Gasteiger partial charge < -0.3 is 5.32 Å². The first-order chi connectivity index (χ1) is 12.2. The Bertz CT molecular complexity index is 895. The largest absolute Gasteiger partial charge is 0.310 e. The number of imidazole rings is 1. The molecule has 0 radical (unpaired) electrons. The van der Waals surface area contributed by atoms with Crippen LogP contribution in [0.3, 0.4) is 0 Å². The van der Waals surface area contributed by atoms with Crippen molar-refractivity contribution in [1.82, 2.24) is 9.38 Å². The van der Waals surface area contributed by atoms with Gasteiger partial charge in [0.25, 0.3) is 0 Å². The second-order valence-electron chi connectivity index (χ2n) is 6.57. The molecule has 2 heterocycles. The number of carbonyl (C=O) groups is 1. The van der Waals surface area contributed by atoms with Crippen LogP contribution in [0.4, 0.5) is 10.2 Å². The summed E-state index contributed by atoms with van der Waals surface area (Å²) in [7, 11) is 0. The quantitative estimate of drug-likeness (QED) is 0.755. The average Bonchev–Trinajstić information content (AvgIpc) is 3.02. The molecule has 0 bridgehead atoms. The minimum absolute atomic E-state index is 0.0497. The molecule has 1 saturated carbocycles. The fraction of sp³-hybridized carbons (Fsp3) is 0.300. The molecule has 3 aromatic rings. The maximum atomic E-state index is 13.3. The first-order valence-corrected chi connectivity index (χ1v) is 8.76. The molecule has 0 aliphatic heterocycles. The highest BCUT2D eigenvalue weighted by Gasteiger charge is 2.24. The molecule has 0 saturated heterocycles. The number of amides is 1. The number of nitrogens with one attached hydrogen (secondary N) is 1. The van der Waals surface area contributed by atoms with E-state index in [1.807, 2.05) is 28.8 Å². The fourth-order valence-corrected chi connectivity index (χ4v) is 3.51. The van der Waals surface area contributed by atoms with E-state index in [9.17, 15) is 9.18 Å². The summed E-state index contributed by atoms with van der Waals surface area (Å²) in [5, 5.41) is 3.08. The third kappa shape index (κ3) is 3.14. The highest BCUT2D eigenvalue weighted by atomic mass is 19.1. The normalized spacial score (nSPS) is 15.4. The number of benzene rings is 1. The number of hydrogen-bond acceptors (Lipinski definition) is 2. The number of hydrogen-bond donors (Lipinski definition) is 1. The van der Waals surface area contributed by atoms with Gasteiger partial charge in [-0.3, -0.25) is 9.20 Å². The molecule has 1 aliphatic rings. The number of nitrogens with zero attached hydrogens (tertiary/aromatic N) is 2. The predicted molar refractivity (Wildman–Crippen MR) is 95.8 cm³/mol. The smallest absolute Gasteiger partial charge is 0.228 e. The molecule has 1 aromatic carbocycles. The molecule has 2 aromatic heterocycles. The van der Waals surface area contributed by atoms with Crippen molar-refractivity contribution in [2.75, 3.05) is 5.32 Å². The number of carbonyl (C=O) groups excluding carboxylic acids is 1. The number of pyridine rings is 1. The van der Waals surface area contributed by atoms with E-state index in [0.29, 0.717) is 11.5 Å². The molecule has 1 amide bonds. The molecule has 4 rings (SSSR count). The van der Waals surface area contributed by atoms with Crippen LogP contribution in [0.2, 0.25) is 0 Å². The lowest BCUT2D eigenvalue weighted by Crippen LogP contribution is -2.25. The molecule has 0 atom stereocenters. The number of rotatable bonds is 3. The molecule has 1 fully saturated rings. The lowest BCUT2D eigenvalue weighted by Gasteiger charge is -2.21.